The van der Waals surface area contributed by atoms with Crippen molar-refractivity contribution in [1.82, 2.24) is 15.2 Å². The zero-order valence-corrected chi connectivity index (χ0v) is 12.2. The topological polar surface area (TPSA) is 75.7 Å². The smallest absolute Gasteiger partial charge is 0.185 e. The van der Waals surface area contributed by atoms with E-state index in [1.807, 2.05) is 0 Å². The van der Waals surface area contributed by atoms with Gasteiger partial charge >= 0.3 is 0 Å². The Balaban J connectivity index is 1.88. The first-order chi connectivity index (χ1) is 10.6. The first-order valence-electron chi connectivity index (χ1n) is 6.50. The number of aromatic amines is 1. The first-order valence-corrected chi connectivity index (χ1v) is 8.15. The van der Waals surface area contributed by atoms with Crippen molar-refractivity contribution in [3.05, 3.63) is 66.2 Å². The monoisotopic (exact) mass is 317 g/mol. The van der Waals surface area contributed by atoms with Crippen LogP contribution in [0.1, 0.15) is 5.82 Å². The van der Waals surface area contributed by atoms with Gasteiger partial charge in [-0.15, -0.1) is 0 Å². The highest BCUT2D eigenvalue weighted by molar-refractivity contribution is 7.90. The number of benzene rings is 2. The van der Waals surface area contributed by atoms with Crippen LogP contribution < -0.4 is 0 Å². The van der Waals surface area contributed by atoms with Gasteiger partial charge in [-0.2, -0.15) is 5.10 Å². The van der Waals surface area contributed by atoms with Crippen molar-refractivity contribution < 1.29 is 12.8 Å². The Morgan fingerprint density at radius 2 is 1.68 bits per heavy atom. The van der Waals surface area contributed by atoms with E-state index in [1.54, 1.807) is 36.4 Å². The Labute approximate surface area is 126 Å². The Hall–Kier alpha value is -2.54. The molecule has 0 aliphatic heterocycles. The molecular weight excluding hydrogens is 305 g/mol. The molecule has 3 aromatic rings. The summed E-state index contributed by atoms with van der Waals surface area (Å²) < 4.78 is 38.2. The molecule has 0 atom stereocenters. The van der Waals surface area contributed by atoms with Crippen molar-refractivity contribution in [3.8, 4) is 11.4 Å². The van der Waals surface area contributed by atoms with E-state index in [4.69, 9.17) is 0 Å². The molecule has 7 heteroatoms. The van der Waals surface area contributed by atoms with Gasteiger partial charge in [-0.3, -0.25) is 5.10 Å². The maximum atomic E-state index is 13.7. The molecule has 1 heterocycles. The minimum Gasteiger partial charge on any atom is -0.259 e. The van der Waals surface area contributed by atoms with Gasteiger partial charge < -0.3 is 0 Å². The molecule has 0 radical (unpaired) electrons. The van der Waals surface area contributed by atoms with Crippen molar-refractivity contribution in [2.45, 2.75) is 10.6 Å². The molecule has 5 nitrogen and oxygen atoms in total. The summed E-state index contributed by atoms with van der Waals surface area (Å²) in [5.74, 6) is -0.489. The van der Waals surface area contributed by atoms with Gasteiger partial charge in [0, 0.05) is 0 Å². The van der Waals surface area contributed by atoms with Gasteiger partial charge in [0.2, 0.25) is 0 Å². The van der Waals surface area contributed by atoms with Crippen LogP contribution in [0.4, 0.5) is 4.39 Å². The molecule has 0 unspecified atom stereocenters. The summed E-state index contributed by atoms with van der Waals surface area (Å²) >= 11 is 0. The highest BCUT2D eigenvalue weighted by atomic mass is 32.2. The Morgan fingerprint density at radius 3 is 2.41 bits per heavy atom. The Bertz CT molecular complexity index is 892. The van der Waals surface area contributed by atoms with Gasteiger partial charge in [-0.1, -0.05) is 30.3 Å². The predicted octanol–water partition coefficient (Wildman–Crippen LogP) is 2.58. The van der Waals surface area contributed by atoms with E-state index in [0.717, 1.165) is 0 Å². The Morgan fingerprint density at radius 1 is 1.00 bits per heavy atom. The van der Waals surface area contributed by atoms with E-state index < -0.39 is 15.7 Å². The van der Waals surface area contributed by atoms with Crippen LogP contribution in [0.25, 0.3) is 11.4 Å². The summed E-state index contributed by atoms with van der Waals surface area (Å²) in [6.07, 6.45) is 0. The van der Waals surface area contributed by atoms with Crippen LogP contribution >= 0.6 is 0 Å². The zero-order chi connectivity index (χ0) is 15.6. The molecule has 0 spiro atoms. The lowest BCUT2D eigenvalue weighted by Gasteiger charge is -2.00. The summed E-state index contributed by atoms with van der Waals surface area (Å²) in [4.78, 5) is 4.27. The lowest BCUT2D eigenvalue weighted by Crippen LogP contribution is -2.06. The third kappa shape index (κ3) is 2.89. The molecule has 0 aliphatic rings. The summed E-state index contributed by atoms with van der Waals surface area (Å²) in [5, 5.41) is 6.43. The molecule has 0 amide bonds. The van der Waals surface area contributed by atoms with Gasteiger partial charge in [0.05, 0.1) is 10.5 Å². The lowest BCUT2D eigenvalue weighted by molar-refractivity contribution is 0.594. The molecule has 22 heavy (non-hydrogen) atoms. The third-order valence-corrected chi connectivity index (χ3v) is 4.71. The minimum absolute atomic E-state index is 0.0992. The van der Waals surface area contributed by atoms with Crippen molar-refractivity contribution in [3.63, 3.8) is 0 Å². The third-order valence-electron chi connectivity index (χ3n) is 3.08. The van der Waals surface area contributed by atoms with Crippen LogP contribution in [-0.2, 0) is 15.6 Å². The van der Waals surface area contributed by atoms with Crippen molar-refractivity contribution in [1.29, 1.82) is 0 Å². The molecule has 0 aliphatic carbocycles. The van der Waals surface area contributed by atoms with E-state index in [1.165, 1.54) is 18.2 Å². The number of hydrogen-bond donors (Lipinski definition) is 1. The minimum atomic E-state index is -3.53. The van der Waals surface area contributed by atoms with Crippen LogP contribution in [0.5, 0.6) is 0 Å². The number of rotatable bonds is 4. The molecule has 0 saturated carbocycles. The average molecular weight is 317 g/mol. The van der Waals surface area contributed by atoms with Crippen LogP contribution in [0.15, 0.2) is 59.5 Å². The molecule has 1 aromatic heterocycles. The van der Waals surface area contributed by atoms with E-state index in [2.05, 4.69) is 15.2 Å². The fourth-order valence-corrected chi connectivity index (χ4v) is 3.22. The second kappa shape index (κ2) is 5.69. The molecule has 0 saturated heterocycles. The van der Waals surface area contributed by atoms with Crippen molar-refractivity contribution in [2.24, 2.45) is 0 Å². The SMILES string of the molecule is O=S(=O)(Cc1n[nH]c(-c2ccccc2F)n1)c1ccccc1. The number of aromatic nitrogens is 3. The van der Waals surface area contributed by atoms with Gasteiger partial charge in [-0.25, -0.2) is 17.8 Å². The largest absolute Gasteiger partial charge is 0.259 e. The summed E-state index contributed by atoms with van der Waals surface area (Å²) in [7, 11) is -3.53. The molecule has 1 N–H and O–H groups in total. The number of H-pyrrole nitrogens is 1. The fraction of sp³-hybridized carbons (Fsp3) is 0.0667. The van der Waals surface area contributed by atoms with E-state index in [-0.39, 0.29) is 27.9 Å². The predicted molar refractivity (Wildman–Crippen MR) is 79.1 cm³/mol. The van der Waals surface area contributed by atoms with Gasteiger partial charge in [0.25, 0.3) is 0 Å². The second-order valence-corrected chi connectivity index (χ2v) is 6.64. The van der Waals surface area contributed by atoms with Crippen LogP contribution in [-0.4, -0.2) is 23.6 Å². The summed E-state index contributed by atoms with van der Waals surface area (Å²) in [5.41, 5.74) is 0.248. The zero-order valence-electron chi connectivity index (χ0n) is 11.4. The highest BCUT2D eigenvalue weighted by Gasteiger charge is 2.19. The van der Waals surface area contributed by atoms with Crippen LogP contribution in [0.3, 0.4) is 0 Å². The lowest BCUT2D eigenvalue weighted by atomic mass is 10.2. The highest BCUT2D eigenvalue weighted by Crippen LogP contribution is 2.20. The molecule has 2 aromatic carbocycles. The molecule has 0 fully saturated rings. The Kier molecular flexibility index (Phi) is 3.72. The average Bonchev–Trinajstić information content (AvgIpc) is 2.96. The number of nitrogens with one attached hydrogen (secondary N) is 1. The molecule has 3 rings (SSSR count). The maximum Gasteiger partial charge on any atom is 0.185 e. The second-order valence-electron chi connectivity index (χ2n) is 4.65. The maximum absolute atomic E-state index is 13.7. The number of hydrogen-bond acceptors (Lipinski definition) is 4. The number of nitrogens with zero attached hydrogens (tertiary/aromatic N) is 2. The summed E-state index contributed by atoms with van der Waals surface area (Å²) in [6.45, 7) is 0. The first kappa shape index (κ1) is 14.4. The van der Waals surface area contributed by atoms with Crippen molar-refractivity contribution in [2.75, 3.05) is 0 Å². The van der Waals surface area contributed by atoms with E-state index in [0.29, 0.717) is 0 Å². The van der Waals surface area contributed by atoms with Gasteiger partial charge in [-0.05, 0) is 24.3 Å². The fourth-order valence-electron chi connectivity index (χ4n) is 2.02. The van der Waals surface area contributed by atoms with Crippen LogP contribution in [0, 0.1) is 5.82 Å². The van der Waals surface area contributed by atoms with Gasteiger partial charge in [0.15, 0.2) is 21.5 Å². The normalized spacial score (nSPS) is 11.5. The molecule has 0 bridgehead atoms. The molecular formula is C15H12FN3O2S. The standard InChI is InChI=1S/C15H12FN3O2S/c16-13-9-5-4-8-12(13)15-17-14(18-19-15)10-22(20,21)11-6-2-1-3-7-11/h1-9H,10H2,(H,17,18,19). The quantitative estimate of drug-likeness (QED) is 0.802. The van der Waals surface area contributed by atoms with E-state index in [9.17, 15) is 12.8 Å². The number of halogens is 1. The molecule has 112 valence electrons. The number of sulfone groups is 1. The summed E-state index contributed by atoms with van der Waals surface area (Å²) in [6, 6.07) is 14.1. The van der Waals surface area contributed by atoms with E-state index >= 15 is 0 Å². The van der Waals surface area contributed by atoms with Crippen LogP contribution in [0.2, 0.25) is 0 Å². The van der Waals surface area contributed by atoms with Gasteiger partial charge in [0.1, 0.15) is 11.6 Å². The van der Waals surface area contributed by atoms with Crippen molar-refractivity contribution >= 4 is 9.84 Å².